The molecule has 0 atom stereocenters. The average Bonchev–Trinajstić information content (AvgIpc) is 2.29. The Balaban J connectivity index is 3.08. The molecule has 0 aliphatic rings. The molecule has 3 N–H and O–H groups in total. The summed E-state index contributed by atoms with van der Waals surface area (Å²) in [5, 5.41) is 2.54. The minimum absolute atomic E-state index is 0.373. The van der Waals surface area contributed by atoms with E-state index in [0.717, 1.165) is 6.26 Å². The van der Waals surface area contributed by atoms with Crippen molar-refractivity contribution in [3.63, 3.8) is 0 Å². The number of carbonyl (C=O) groups is 1. The number of sulfone groups is 1. The van der Waals surface area contributed by atoms with E-state index < -0.39 is 20.5 Å². The second-order valence-corrected chi connectivity index (χ2v) is 7.26. The molecule has 106 valence electrons. The van der Waals surface area contributed by atoms with Crippen LogP contribution in [0, 0.1) is 0 Å². The zero-order valence-electron chi connectivity index (χ0n) is 11.4. The number of amides is 1. The van der Waals surface area contributed by atoms with Crippen LogP contribution in [0.3, 0.4) is 0 Å². The molecule has 19 heavy (non-hydrogen) atoms. The number of benzene rings is 1. The summed E-state index contributed by atoms with van der Waals surface area (Å²) in [7, 11) is -2.09. The lowest BCUT2D eigenvalue weighted by Gasteiger charge is -2.22. The predicted octanol–water partition coefficient (Wildman–Crippen LogP) is 1.04. The topological polar surface area (TPSA) is 98.5 Å². The predicted molar refractivity (Wildman–Crippen MR) is 75.0 cm³/mol. The Hall–Kier alpha value is -1.76. The Labute approximate surface area is 112 Å². The molecule has 1 aromatic carbocycles. The number of nitrogens with one attached hydrogen (secondary N) is 1. The summed E-state index contributed by atoms with van der Waals surface area (Å²) in [6.07, 6.45) is 1.02. The van der Waals surface area contributed by atoms with Crippen LogP contribution >= 0.6 is 0 Å². The largest absolute Gasteiger partial charge is 0.494 e. The van der Waals surface area contributed by atoms with Crippen molar-refractivity contribution in [2.75, 3.05) is 24.4 Å². The van der Waals surface area contributed by atoms with Crippen LogP contribution in [0.1, 0.15) is 13.8 Å². The lowest BCUT2D eigenvalue weighted by molar-refractivity contribution is -0.117. The lowest BCUT2D eigenvalue weighted by Crippen LogP contribution is -2.43. The molecule has 0 saturated heterocycles. The third kappa shape index (κ3) is 3.17. The Morgan fingerprint density at radius 3 is 2.42 bits per heavy atom. The number of rotatable bonds is 4. The van der Waals surface area contributed by atoms with E-state index in [2.05, 4.69) is 5.32 Å². The van der Waals surface area contributed by atoms with Gasteiger partial charge in [-0.15, -0.1) is 0 Å². The summed E-state index contributed by atoms with van der Waals surface area (Å²) in [5.41, 5.74) is 6.46. The zero-order chi connectivity index (χ0) is 14.8. The van der Waals surface area contributed by atoms with Gasteiger partial charge in [0.2, 0.25) is 5.91 Å². The van der Waals surface area contributed by atoms with Crippen LogP contribution in [0.2, 0.25) is 0 Å². The van der Waals surface area contributed by atoms with Gasteiger partial charge in [-0.2, -0.15) is 0 Å². The first-order chi connectivity index (χ1) is 8.59. The molecule has 0 aliphatic heterocycles. The molecule has 6 nitrogen and oxygen atoms in total. The number of hydrogen-bond donors (Lipinski definition) is 2. The average molecular weight is 286 g/mol. The van der Waals surface area contributed by atoms with Gasteiger partial charge in [-0.3, -0.25) is 4.79 Å². The summed E-state index contributed by atoms with van der Waals surface area (Å²) in [4.78, 5) is 12.1. The molecule has 0 radical (unpaired) electrons. The summed E-state index contributed by atoms with van der Waals surface area (Å²) < 4.78 is 26.7. The van der Waals surface area contributed by atoms with E-state index in [0.29, 0.717) is 17.1 Å². The smallest absolute Gasteiger partial charge is 0.245 e. The van der Waals surface area contributed by atoms with Crippen molar-refractivity contribution in [2.45, 2.75) is 18.6 Å². The van der Waals surface area contributed by atoms with E-state index in [1.807, 2.05) is 0 Å². The maximum Gasteiger partial charge on any atom is 0.245 e. The van der Waals surface area contributed by atoms with E-state index in [9.17, 15) is 13.2 Å². The highest BCUT2D eigenvalue weighted by molar-refractivity contribution is 7.92. The van der Waals surface area contributed by atoms with Crippen LogP contribution in [0.4, 0.5) is 11.4 Å². The fraction of sp³-hybridized carbons (Fsp3) is 0.417. The Morgan fingerprint density at radius 1 is 1.37 bits per heavy atom. The third-order valence-corrected chi connectivity index (χ3v) is 4.99. The number of hydrogen-bond acceptors (Lipinski definition) is 5. The van der Waals surface area contributed by atoms with E-state index in [-0.39, 0.29) is 0 Å². The second-order valence-electron chi connectivity index (χ2n) is 4.70. The van der Waals surface area contributed by atoms with Crippen molar-refractivity contribution >= 4 is 27.1 Å². The van der Waals surface area contributed by atoms with Crippen LogP contribution < -0.4 is 15.8 Å². The summed E-state index contributed by atoms with van der Waals surface area (Å²) in [6, 6.07) is 4.69. The van der Waals surface area contributed by atoms with Crippen LogP contribution in [0.5, 0.6) is 5.75 Å². The number of nitrogen functional groups attached to an aromatic ring is 1. The summed E-state index contributed by atoms with van der Waals surface area (Å²) in [5.74, 6) is -0.254. The second kappa shape index (κ2) is 5.08. The standard InChI is InChI=1S/C12H18N2O4S/c1-12(2,19(4,16)17)11(15)14-9-6-5-8(13)7-10(9)18-3/h5-7H,13H2,1-4H3,(H,14,15). The van der Waals surface area contributed by atoms with Crippen LogP contribution in [-0.4, -0.2) is 32.4 Å². The van der Waals surface area contributed by atoms with Gasteiger partial charge in [0, 0.05) is 18.0 Å². The van der Waals surface area contributed by atoms with Gasteiger partial charge in [0.05, 0.1) is 12.8 Å². The van der Waals surface area contributed by atoms with E-state index in [1.165, 1.54) is 21.0 Å². The van der Waals surface area contributed by atoms with Crippen molar-refractivity contribution in [1.82, 2.24) is 0 Å². The van der Waals surface area contributed by atoms with Gasteiger partial charge in [0.25, 0.3) is 0 Å². The van der Waals surface area contributed by atoms with Gasteiger partial charge < -0.3 is 15.8 Å². The maximum absolute atomic E-state index is 12.1. The molecule has 0 saturated carbocycles. The normalized spacial score (nSPS) is 12.0. The first-order valence-corrected chi connectivity index (χ1v) is 7.43. The minimum Gasteiger partial charge on any atom is -0.494 e. The van der Waals surface area contributed by atoms with Gasteiger partial charge in [0.1, 0.15) is 10.5 Å². The minimum atomic E-state index is -3.53. The monoisotopic (exact) mass is 286 g/mol. The molecule has 7 heteroatoms. The van der Waals surface area contributed by atoms with Gasteiger partial charge >= 0.3 is 0 Å². The van der Waals surface area contributed by atoms with E-state index in [4.69, 9.17) is 10.5 Å². The molecule has 0 heterocycles. The maximum atomic E-state index is 12.1. The SMILES string of the molecule is COc1cc(N)ccc1NC(=O)C(C)(C)S(C)(=O)=O. The highest BCUT2D eigenvalue weighted by Crippen LogP contribution is 2.28. The fourth-order valence-electron chi connectivity index (χ4n) is 1.25. The Morgan fingerprint density at radius 2 is 1.95 bits per heavy atom. The number of methoxy groups -OCH3 is 1. The van der Waals surface area contributed by atoms with Crippen molar-refractivity contribution in [3.8, 4) is 5.75 Å². The molecule has 1 rings (SSSR count). The number of anilines is 2. The molecule has 0 unspecified atom stereocenters. The Bertz CT molecular complexity index is 594. The van der Waals surface area contributed by atoms with E-state index >= 15 is 0 Å². The van der Waals surface area contributed by atoms with Crippen LogP contribution in [-0.2, 0) is 14.6 Å². The first-order valence-electron chi connectivity index (χ1n) is 5.54. The van der Waals surface area contributed by atoms with Crippen molar-refractivity contribution in [1.29, 1.82) is 0 Å². The number of nitrogens with two attached hydrogens (primary N) is 1. The molecular formula is C12H18N2O4S. The molecule has 1 amide bonds. The van der Waals surface area contributed by atoms with Crippen molar-refractivity contribution in [2.24, 2.45) is 0 Å². The molecule has 0 spiro atoms. The summed E-state index contributed by atoms with van der Waals surface area (Å²) >= 11 is 0. The van der Waals surface area contributed by atoms with E-state index in [1.54, 1.807) is 18.2 Å². The number of carbonyl (C=O) groups excluding carboxylic acids is 1. The van der Waals surface area contributed by atoms with Crippen molar-refractivity contribution < 1.29 is 17.9 Å². The quantitative estimate of drug-likeness (QED) is 0.806. The van der Waals surface area contributed by atoms with Gasteiger partial charge in [-0.1, -0.05) is 0 Å². The Kier molecular flexibility index (Phi) is 4.09. The van der Waals surface area contributed by atoms with Gasteiger partial charge in [0.15, 0.2) is 9.84 Å². The lowest BCUT2D eigenvalue weighted by atomic mass is 10.2. The number of ether oxygens (including phenoxy) is 1. The van der Waals surface area contributed by atoms with Crippen molar-refractivity contribution in [3.05, 3.63) is 18.2 Å². The van der Waals surface area contributed by atoms with Crippen LogP contribution in [0.15, 0.2) is 18.2 Å². The van der Waals surface area contributed by atoms with Gasteiger partial charge in [-0.25, -0.2) is 8.42 Å². The summed E-state index contributed by atoms with van der Waals surface area (Å²) in [6.45, 7) is 2.70. The molecule has 0 aliphatic carbocycles. The molecule has 0 aromatic heterocycles. The molecule has 0 bridgehead atoms. The zero-order valence-corrected chi connectivity index (χ0v) is 12.2. The molecule has 0 fully saturated rings. The highest BCUT2D eigenvalue weighted by Gasteiger charge is 2.38. The highest BCUT2D eigenvalue weighted by atomic mass is 32.2. The molecular weight excluding hydrogens is 268 g/mol. The fourth-order valence-corrected chi connectivity index (χ4v) is 1.64. The molecule has 1 aromatic rings. The first kappa shape index (κ1) is 15.3. The third-order valence-electron chi connectivity index (χ3n) is 2.95. The van der Waals surface area contributed by atoms with Gasteiger partial charge in [-0.05, 0) is 26.0 Å². The van der Waals surface area contributed by atoms with Crippen LogP contribution in [0.25, 0.3) is 0 Å².